The van der Waals surface area contributed by atoms with Gasteiger partial charge in [0.2, 0.25) is 5.91 Å². The van der Waals surface area contributed by atoms with E-state index in [0.29, 0.717) is 22.2 Å². The summed E-state index contributed by atoms with van der Waals surface area (Å²) in [6, 6.07) is 14.2. The minimum atomic E-state index is -0.360. The van der Waals surface area contributed by atoms with Crippen molar-refractivity contribution in [1.82, 2.24) is 19.3 Å². The molecule has 0 spiro atoms. The summed E-state index contributed by atoms with van der Waals surface area (Å²) < 4.78 is 17.1. The van der Waals surface area contributed by atoms with Gasteiger partial charge in [0.05, 0.1) is 17.0 Å². The van der Waals surface area contributed by atoms with Crippen LogP contribution in [0.2, 0.25) is 0 Å². The highest BCUT2D eigenvalue weighted by Crippen LogP contribution is 2.30. The number of rotatable bonds is 6. The number of halogens is 1. The minimum absolute atomic E-state index is 0.0706. The van der Waals surface area contributed by atoms with Crippen molar-refractivity contribution in [2.45, 2.75) is 32.9 Å². The van der Waals surface area contributed by atoms with E-state index in [2.05, 4.69) is 27.6 Å². The first-order chi connectivity index (χ1) is 16.3. The molecule has 0 saturated carbocycles. The first kappa shape index (κ1) is 23.3. The molecular formula is C25H23FN6OS. The van der Waals surface area contributed by atoms with Gasteiger partial charge in [-0.05, 0) is 69.2 Å². The zero-order valence-corrected chi connectivity index (χ0v) is 20.1. The Morgan fingerprint density at radius 3 is 2.56 bits per heavy atom. The van der Waals surface area contributed by atoms with Crippen LogP contribution in [0.3, 0.4) is 0 Å². The van der Waals surface area contributed by atoms with Crippen LogP contribution in [-0.4, -0.2) is 31.0 Å². The number of benzene rings is 2. The Hall–Kier alpha value is -3.90. The fraction of sp³-hybridized carbons (Fsp3) is 0.200. The summed E-state index contributed by atoms with van der Waals surface area (Å²) in [6.07, 6.45) is 1.62. The van der Waals surface area contributed by atoms with Gasteiger partial charge in [0.15, 0.2) is 5.16 Å². The van der Waals surface area contributed by atoms with Crippen molar-refractivity contribution in [3.8, 4) is 17.4 Å². The fourth-order valence-electron chi connectivity index (χ4n) is 3.84. The number of nitriles is 1. The lowest BCUT2D eigenvalue weighted by molar-refractivity contribution is -0.113. The van der Waals surface area contributed by atoms with Crippen LogP contribution in [0.25, 0.3) is 11.4 Å². The third-order valence-corrected chi connectivity index (χ3v) is 6.57. The van der Waals surface area contributed by atoms with Crippen molar-refractivity contribution >= 4 is 23.5 Å². The number of anilines is 1. The molecule has 34 heavy (non-hydrogen) atoms. The summed E-state index contributed by atoms with van der Waals surface area (Å²) in [5.74, 6) is -0.218. The molecule has 2 heterocycles. The summed E-state index contributed by atoms with van der Waals surface area (Å²) >= 11 is 1.25. The maximum atomic E-state index is 13.5. The van der Waals surface area contributed by atoms with Crippen LogP contribution in [0.4, 0.5) is 10.2 Å². The van der Waals surface area contributed by atoms with Gasteiger partial charge in [0.1, 0.15) is 24.0 Å². The number of thioether (sulfide) groups is 1. The average Bonchev–Trinajstić information content (AvgIpc) is 3.35. The van der Waals surface area contributed by atoms with E-state index in [-0.39, 0.29) is 17.5 Å². The van der Waals surface area contributed by atoms with Crippen LogP contribution < -0.4 is 5.32 Å². The van der Waals surface area contributed by atoms with E-state index >= 15 is 0 Å². The molecule has 172 valence electrons. The topological polar surface area (TPSA) is 88.5 Å². The van der Waals surface area contributed by atoms with Crippen molar-refractivity contribution in [1.29, 1.82) is 5.26 Å². The molecule has 7 nitrogen and oxygen atoms in total. The molecule has 0 atom stereocenters. The van der Waals surface area contributed by atoms with E-state index < -0.39 is 0 Å². The van der Waals surface area contributed by atoms with Crippen molar-refractivity contribution in [3.63, 3.8) is 0 Å². The molecule has 2 aromatic heterocycles. The van der Waals surface area contributed by atoms with Crippen LogP contribution in [0.5, 0.6) is 0 Å². The van der Waals surface area contributed by atoms with Gasteiger partial charge < -0.3 is 5.32 Å². The van der Waals surface area contributed by atoms with Gasteiger partial charge in [-0.25, -0.2) is 4.39 Å². The highest BCUT2D eigenvalue weighted by Gasteiger charge is 2.21. The van der Waals surface area contributed by atoms with Crippen LogP contribution in [0.15, 0.2) is 53.9 Å². The number of carbonyl (C=O) groups excluding carboxylic acids is 1. The molecule has 0 aliphatic heterocycles. The lowest BCUT2D eigenvalue weighted by Gasteiger charge is -2.13. The molecule has 0 saturated heterocycles. The number of hydrogen-bond acceptors (Lipinski definition) is 5. The van der Waals surface area contributed by atoms with E-state index in [4.69, 9.17) is 0 Å². The second-order valence-corrected chi connectivity index (χ2v) is 8.91. The van der Waals surface area contributed by atoms with E-state index in [9.17, 15) is 14.4 Å². The van der Waals surface area contributed by atoms with Gasteiger partial charge >= 0.3 is 0 Å². The summed E-state index contributed by atoms with van der Waals surface area (Å²) in [4.78, 5) is 12.9. The van der Waals surface area contributed by atoms with Gasteiger partial charge in [-0.2, -0.15) is 5.26 Å². The monoisotopic (exact) mass is 474 g/mol. The van der Waals surface area contributed by atoms with Gasteiger partial charge in [-0.1, -0.05) is 29.5 Å². The molecule has 0 radical (unpaired) electrons. The molecule has 4 rings (SSSR count). The molecule has 0 bridgehead atoms. The SMILES string of the molecule is Cc1ccc(-n2cnnc2SCC(=O)Nc2c(C#N)c(C)c(C)n2-c2ccc(F)cc2)c(C)c1. The van der Waals surface area contributed by atoms with Crippen LogP contribution in [0.1, 0.15) is 27.9 Å². The normalized spacial score (nSPS) is 10.8. The average molecular weight is 475 g/mol. The molecule has 2 aromatic carbocycles. The Kier molecular flexibility index (Phi) is 6.52. The number of hydrogen-bond donors (Lipinski definition) is 1. The van der Waals surface area contributed by atoms with Gasteiger partial charge in [-0.15, -0.1) is 10.2 Å². The summed E-state index contributed by atoms with van der Waals surface area (Å²) in [5.41, 5.74) is 5.75. The summed E-state index contributed by atoms with van der Waals surface area (Å²) in [7, 11) is 0. The first-order valence-electron chi connectivity index (χ1n) is 10.6. The molecule has 1 amide bonds. The lowest BCUT2D eigenvalue weighted by atomic mass is 10.1. The number of aryl methyl sites for hydroxylation is 2. The number of aromatic nitrogens is 4. The lowest BCUT2D eigenvalue weighted by Crippen LogP contribution is -2.18. The Morgan fingerprint density at radius 1 is 1.15 bits per heavy atom. The predicted molar refractivity (Wildman–Crippen MR) is 130 cm³/mol. The van der Waals surface area contributed by atoms with E-state index in [1.54, 1.807) is 23.0 Å². The van der Waals surface area contributed by atoms with Crippen LogP contribution in [-0.2, 0) is 4.79 Å². The van der Waals surface area contributed by atoms with Crippen LogP contribution in [0, 0.1) is 44.8 Å². The van der Waals surface area contributed by atoms with E-state index in [0.717, 1.165) is 28.1 Å². The number of carbonyl (C=O) groups is 1. The van der Waals surface area contributed by atoms with E-state index in [1.807, 2.05) is 44.4 Å². The van der Waals surface area contributed by atoms with Gasteiger partial charge in [0.25, 0.3) is 0 Å². The fourth-order valence-corrected chi connectivity index (χ4v) is 4.56. The van der Waals surface area contributed by atoms with Crippen molar-refractivity contribution in [2.24, 2.45) is 0 Å². The standard InChI is InChI=1S/C25H23FN6OS/c1-15-5-10-22(16(2)11-15)31-14-28-30-25(31)34-13-23(33)29-24-21(12-27)17(3)18(4)32(24)20-8-6-19(26)7-9-20/h5-11,14H,13H2,1-4H3,(H,29,33). The Morgan fingerprint density at radius 2 is 1.88 bits per heavy atom. The maximum absolute atomic E-state index is 13.5. The molecule has 9 heteroatoms. The second-order valence-electron chi connectivity index (χ2n) is 7.97. The largest absolute Gasteiger partial charge is 0.310 e. The molecular weight excluding hydrogens is 451 g/mol. The number of nitrogens with zero attached hydrogens (tertiary/aromatic N) is 5. The van der Waals surface area contributed by atoms with Crippen molar-refractivity contribution in [3.05, 3.63) is 82.6 Å². The van der Waals surface area contributed by atoms with Gasteiger partial charge in [-0.3, -0.25) is 13.9 Å². The molecule has 0 aliphatic rings. The summed E-state index contributed by atoms with van der Waals surface area (Å²) in [6.45, 7) is 7.73. The van der Waals surface area contributed by atoms with E-state index in [1.165, 1.54) is 23.9 Å². The number of nitrogens with one attached hydrogen (secondary N) is 1. The Balaban J connectivity index is 1.57. The third kappa shape index (κ3) is 4.45. The molecule has 0 unspecified atom stereocenters. The molecule has 1 N–H and O–H groups in total. The quantitative estimate of drug-likeness (QED) is 0.396. The summed E-state index contributed by atoms with van der Waals surface area (Å²) in [5, 5.41) is 21.4. The Labute approximate surface area is 201 Å². The zero-order chi connectivity index (χ0) is 24.4. The molecule has 4 aromatic rings. The molecule has 0 aliphatic carbocycles. The van der Waals surface area contributed by atoms with Crippen LogP contribution >= 0.6 is 11.8 Å². The predicted octanol–water partition coefficient (Wildman–Crippen LogP) is 5.03. The molecule has 0 fully saturated rings. The second kappa shape index (κ2) is 9.53. The first-order valence-corrected chi connectivity index (χ1v) is 11.6. The highest BCUT2D eigenvalue weighted by molar-refractivity contribution is 7.99. The third-order valence-electron chi connectivity index (χ3n) is 5.63. The smallest absolute Gasteiger partial charge is 0.236 e. The maximum Gasteiger partial charge on any atom is 0.236 e. The number of amides is 1. The minimum Gasteiger partial charge on any atom is -0.310 e. The van der Waals surface area contributed by atoms with Crippen molar-refractivity contribution in [2.75, 3.05) is 11.1 Å². The van der Waals surface area contributed by atoms with Gasteiger partial charge in [0, 0.05) is 11.4 Å². The zero-order valence-electron chi connectivity index (χ0n) is 19.3. The highest BCUT2D eigenvalue weighted by atomic mass is 32.2. The Bertz CT molecular complexity index is 1410. The van der Waals surface area contributed by atoms with Crippen molar-refractivity contribution < 1.29 is 9.18 Å².